The highest BCUT2D eigenvalue weighted by atomic mass is 16.5. The van der Waals surface area contributed by atoms with Crippen LogP contribution in [0.1, 0.15) is 38.3 Å². The zero-order chi connectivity index (χ0) is 18.0. The smallest absolute Gasteiger partial charge is 0.0717 e. The van der Waals surface area contributed by atoms with Crippen molar-refractivity contribution in [2.75, 3.05) is 19.8 Å². The highest BCUT2D eigenvalue weighted by Crippen LogP contribution is 2.25. The lowest BCUT2D eigenvalue weighted by molar-refractivity contribution is -0.0899. The molecule has 27 heavy (non-hydrogen) atoms. The van der Waals surface area contributed by atoms with Crippen LogP contribution in [0.2, 0.25) is 0 Å². The molecule has 3 heteroatoms. The summed E-state index contributed by atoms with van der Waals surface area (Å²) in [7, 11) is 0. The van der Waals surface area contributed by atoms with Gasteiger partial charge in [0.25, 0.3) is 0 Å². The van der Waals surface area contributed by atoms with E-state index in [1.54, 1.807) is 0 Å². The summed E-state index contributed by atoms with van der Waals surface area (Å²) in [6.45, 7) is 5.71. The van der Waals surface area contributed by atoms with Crippen molar-refractivity contribution in [1.29, 1.82) is 0 Å². The second kappa shape index (κ2) is 11.9. The third-order valence-corrected chi connectivity index (χ3v) is 4.95. The molecule has 3 rings (SSSR count). The standard InChI is InChI=1S/C23H30O3.CH4/c1-19-12-13-23(26-14-19)22(17-24-15-20-8-4-2-5-9-20)18-25-16-21-10-6-3-7-11-21;/h2-11,19,22-23H,12-18H2,1H3;1H4. The molecule has 0 amide bonds. The molecule has 2 aromatic rings. The van der Waals surface area contributed by atoms with Crippen molar-refractivity contribution >= 4 is 0 Å². The number of hydrogen-bond donors (Lipinski definition) is 0. The van der Waals surface area contributed by atoms with Gasteiger partial charge in [-0.3, -0.25) is 0 Å². The van der Waals surface area contributed by atoms with E-state index in [4.69, 9.17) is 14.2 Å². The van der Waals surface area contributed by atoms with E-state index < -0.39 is 0 Å². The van der Waals surface area contributed by atoms with Gasteiger partial charge in [-0.05, 0) is 29.9 Å². The molecule has 1 heterocycles. The minimum Gasteiger partial charge on any atom is -0.377 e. The second-order valence-corrected chi connectivity index (χ2v) is 7.32. The molecule has 2 aromatic carbocycles. The van der Waals surface area contributed by atoms with Gasteiger partial charge >= 0.3 is 0 Å². The third-order valence-electron chi connectivity index (χ3n) is 4.95. The van der Waals surface area contributed by atoms with Crippen molar-refractivity contribution in [2.45, 2.75) is 46.5 Å². The Balaban J connectivity index is 0.00000261. The molecule has 2 unspecified atom stereocenters. The molecule has 1 saturated heterocycles. The van der Waals surface area contributed by atoms with Crippen LogP contribution in [0.4, 0.5) is 0 Å². The predicted octanol–water partition coefficient (Wildman–Crippen LogP) is 5.49. The van der Waals surface area contributed by atoms with E-state index in [1.807, 2.05) is 36.4 Å². The fourth-order valence-corrected chi connectivity index (χ4v) is 3.34. The third kappa shape index (κ3) is 7.45. The first kappa shape index (κ1) is 21.6. The van der Waals surface area contributed by atoms with E-state index in [0.717, 1.165) is 13.0 Å². The molecular formula is C24H34O3. The Labute approximate surface area is 164 Å². The quantitative estimate of drug-likeness (QED) is 0.584. The van der Waals surface area contributed by atoms with Gasteiger partial charge in [0.2, 0.25) is 0 Å². The average Bonchev–Trinajstić information content (AvgIpc) is 2.69. The maximum atomic E-state index is 6.10. The Kier molecular flexibility index (Phi) is 9.54. The summed E-state index contributed by atoms with van der Waals surface area (Å²) in [6, 6.07) is 20.6. The fourth-order valence-electron chi connectivity index (χ4n) is 3.34. The van der Waals surface area contributed by atoms with E-state index in [2.05, 4.69) is 31.2 Å². The molecule has 0 aromatic heterocycles. The first-order valence-electron chi connectivity index (χ1n) is 9.66. The Morgan fingerprint density at radius 2 is 1.37 bits per heavy atom. The summed E-state index contributed by atoms with van der Waals surface area (Å²) in [5, 5.41) is 0. The molecule has 0 N–H and O–H groups in total. The number of rotatable bonds is 9. The number of benzene rings is 2. The maximum Gasteiger partial charge on any atom is 0.0717 e. The van der Waals surface area contributed by atoms with Crippen LogP contribution in [-0.2, 0) is 27.4 Å². The van der Waals surface area contributed by atoms with Crippen LogP contribution >= 0.6 is 0 Å². The fraction of sp³-hybridized carbons (Fsp3) is 0.500. The molecule has 2 atom stereocenters. The van der Waals surface area contributed by atoms with E-state index in [-0.39, 0.29) is 19.4 Å². The van der Waals surface area contributed by atoms with Gasteiger partial charge in [-0.1, -0.05) is 75.0 Å². The Morgan fingerprint density at radius 3 is 1.81 bits per heavy atom. The highest BCUT2D eigenvalue weighted by Gasteiger charge is 2.27. The normalized spacial score (nSPS) is 19.6. The van der Waals surface area contributed by atoms with Crippen molar-refractivity contribution in [3.05, 3.63) is 71.8 Å². The van der Waals surface area contributed by atoms with Crippen molar-refractivity contribution in [3.63, 3.8) is 0 Å². The van der Waals surface area contributed by atoms with Gasteiger partial charge in [-0.15, -0.1) is 0 Å². The zero-order valence-corrected chi connectivity index (χ0v) is 15.7. The molecule has 0 bridgehead atoms. The first-order chi connectivity index (χ1) is 12.8. The molecule has 1 fully saturated rings. The number of ether oxygens (including phenoxy) is 3. The molecule has 3 nitrogen and oxygen atoms in total. The lowest BCUT2D eigenvalue weighted by Crippen LogP contribution is -2.36. The monoisotopic (exact) mass is 370 g/mol. The summed E-state index contributed by atoms with van der Waals surface area (Å²) < 4.78 is 18.1. The van der Waals surface area contributed by atoms with Crippen molar-refractivity contribution < 1.29 is 14.2 Å². The second-order valence-electron chi connectivity index (χ2n) is 7.32. The van der Waals surface area contributed by atoms with Crippen LogP contribution in [0, 0.1) is 11.8 Å². The molecular weight excluding hydrogens is 336 g/mol. The summed E-state index contributed by atoms with van der Waals surface area (Å²) in [5.74, 6) is 0.928. The van der Waals surface area contributed by atoms with Crippen LogP contribution in [0.15, 0.2) is 60.7 Å². The van der Waals surface area contributed by atoms with E-state index >= 15 is 0 Å². The Morgan fingerprint density at radius 1 is 0.852 bits per heavy atom. The zero-order valence-electron chi connectivity index (χ0n) is 15.7. The molecule has 0 radical (unpaired) electrons. The predicted molar refractivity (Wildman–Crippen MR) is 111 cm³/mol. The Bertz CT molecular complexity index is 561. The molecule has 1 aliphatic heterocycles. The van der Waals surface area contributed by atoms with Crippen molar-refractivity contribution in [2.24, 2.45) is 11.8 Å². The van der Waals surface area contributed by atoms with E-state index in [0.29, 0.717) is 32.3 Å². The van der Waals surface area contributed by atoms with Crippen LogP contribution < -0.4 is 0 Å². The van der Waals surface area contributed by atoms with Gasteiger partial charge in [-0.25, -0.2) is 0 Å². The van der Waals surface area contributed by atoms with Crippen molar-refractivity contribution in [1.82, 2.24) is 0 Å². The van der Waals surface area contributed by atoms with E-state index in [1.165, 1.54) is 17.5 Å². The molecule has 0 saturated carbocycles. The summed E-state index contributed by atoms with van der Waals surface area (Å²) in [5.41, 5.74) is 2.41. The summed E-state index contributed by atoms with van der Waals surface area (Å²) in [4.78, 5) is 0. The SMILES string of the molecule is C.CC1CCC(C(COCc2ccccc2)COCc2ccccc2)OC1. The molecule has 0 spiro atoms. The average molecular weight is 371 g/mol. The minimum atomic E-state index is 0. The van der Waals surface area contributed by atoms with Crippen molar-refractivity contribution in [3.8, 4) is 0 Å². The summed E-state index contributed by atoms with van der Waals surface area (Å²) in [6.07, 6.45) is 2.55. The maximum absolute atomic E-state index is 6.10. The largest absolute Gasteiger partial charge is 0.377 e. The topological polar surface area (TPSA) is 27.7 Å². The first-order valence-corrected chi connectivity index (χ1v) is 9.66. The molecule has 0 aliphatic carbocycles. The van der Waals surface area contributed by atoms with Crippen LogP contribution in [0.5, 0.6) is 0 Å². The van der Waals surface area contributed by atoms with Gasteiger partial charge in [-0.2, -0.15) is 0 Å². The highest BCUT2D eigenvalue weighted by molar-refractivity contribution is 5.14. The van der Waals surface area contributed by atoms with Gasteiger partial charge in [0.15, 0.2) is 0 Å². The van der Waals surface area contributed by atoms with Gasteiger partial charge in [0, 0.05) is 12.5 Å². The number of hydrogen-bond acceptors (Lipinski definition) is 3. The van der Waals surface area contributed by atoms with Gasteiger partial charge in [0.1, 0.15) is 0 Å². The molecule has 148 valence electrons. The lowest BCUT2D eigenvalue weighted by Gasteiger charge is -2.33. The van der Waals surface area contributed by atoms with Crippen LogP contribution in [0.25, 0.3) is 0 Å². The Hall–Kier alpha value is -1.68. The summed E-state index contributed by atoms with van der Waals surface area (Å²) >= 11 is 0. The van der Waals surface area contributed by atoms with Crippen LogP contribution in [-0.4, -0.2) is 25.9 Å². The minimum absolute atomic E-state index is 0. The van der Waals surface area contributed by atoms with Gasteiger partial charge in [0.05, 0.1) is 32.5 Å². The van der Waals surface area contributed by atoms with Crippen LogP contribution in [0.3, 0.4) is 0 Å². The molecule has 1 aliphatic rings. The lowest BCUT2D eigenvalue weighted by atomic mass is 9.93. The van der Waals surface area contributed by atoms with E-state index in [9.17, 15) is 0 Å². The van der Waals surface area contributed by atoms with Gasteiger partial charge < -0.3 is 14.2 Å².